The summed E-state index contributed by atoms with van der Waals surface area (Å²) in [5, 5.41) is 0. The summed E-state index contributed by atoms with van der Waals surface area (Å²) < 4.78 is 5.17. The number of hydrogen-bond donors (Lipinski definition) is 0. The number of carbonyl (C=O) groups excluding carboxylic acids is 1. The fourth-order valence-electron chi connectivity index (χ4n) is 3.90. The van der Waals surface area contributed by atoms with Gasteiger partial charge in [-0.15, -0.1) is 0 Å². The Kier molecular flexibility index (Phi) is 5.07. The molecular weight excluding hydrogens is 340 g/mol. The van der Waals surface area contributed by atoms with Crippen LogP contribution in [0.25, 0.3) is 0 Å². The minimum absolute atomic E-state index is 0.169. The van der Waals surface area contributed by atoms with Crippen LogP contribution in [0, 0.1) is 0 Å². The van der Waals surface area contributed by atoms with Crippen LogP contribution < -0.4 is 4.74 Å². The van der Waals surface area contributed by atoms with Gasteiger partial charge in [0.05, 0.1) is 13.5 Å². The molecular formula is C21H26N4O2. The quantitative estimate of drug-likeness (QED) is 0.829. The molecule has 6 nitrogen and oxygen atoms in total. The summed E-state index contributed by atoms with van der Waals surface area (Å²) in [6.45, 7) is 3.46. The second-order valence-corrected chi connectivity index (χ2v) is 7.54. The van der Waals surface area contributed by atoms with Crippen molar-refractivity contribution in [3.8, 4) is 5.75 Å². The van der Waals surface area contributed by atoms with Crippen molar-refractivity contribution in [2.45, 2.75) is 31.7 Å². The lowest BCUT2D eigenvalue weighted by Crippen LogP contribution is -2.30. The van der Waals surface area contributed by atoms with Gasteiger partial charge in [0.1, 0.15) is 11.6 Å². The third-order valence-corrected chi connectivity index (χ3v) is 5.56. The van der Waals surface area contributed by atoms with Crippen LogP contribution in [-0.4, -0.2) is 59.5 Å². The first-order valence-electron chi connectivity index (χ1n) is 9.56. The molecule has 0 spiro atoms. The van der Waals surface area contributed by atoms with E-state index in [0.29, 0.717) is 13.0 Å². The van der Waals surface area contributed by atoms with E-state index in [4.69, 9.17) is 9.72 Å². The molecule has 1 saturated heterocycles. The largest absolute Gasteiger partial charge is 0.497 e. The van der Waals surface area contributed by atoms with Gasteiger partial charge in [0.25, 0.3) is 0 Å². The molecule has 0 N–H and O–H groups in total. The topological polar surface area (TPSA) is 58.6 Å². The highest BCUT2D eigenvalue weighted by Gasteiger charge is 2.30. The first-order valence-corrected chi connectivity index (χ1v) is 9.56. The predicted octanol–water partition coefficient (Wildman–Crippen LogP) is 2.03. The van der Waals surface area contributed by atoms with Crippen LogP contribution in [0.5, 0.6) is 5.75 Å². The predicted molar refractivity (Wildman–Crippen MR) is 103 cm³/mol. The van der Waals surface area contributed by atoms with E-state index in [2.05, 4.69) is 16.9 Å². The van der Waals surface area contributed by atoms with Crippen LogP contribution >= 0.6 is 0 Å². The van der Waals surface area contributed by atoms with Crippen LogP contribution in [0.4, 0.5) is 0 Å². The molecule has 0 saturated carbocycles. The highest BCUT2D eigenvalue weighted by atomic mass is 16.5. The van der Waals surface area contributed by atoms with E-state index in [1.165, 1.54) is 11.3 Å². The van der Waals surface area contributed by atoms with Gasteiger partial charge < -0.3 is 14.5 Å². The van der Waals surface area contributed by atoms with Gasteiger partial charge in [0.2, 0.25) is 5.91 Å². The van der Waals surface area contributed by atoms with Crippen molar-refractivity contribution in [3.05, 3.63) is 53.1 Å². The lowest BCUT2D eigenvalue weighted by atomic mass is 10.1. The Hall–Kier alpha value is -2.47. The van der Waals surface area contributed by atoms with Gasteiger partial charge in [-0.2, -0.15) is 0 Å². The molecule has 0 bridgehead atoms. The van der Waals surface area contributed by atoms with Crippen LogP contribution in [0.2, 0.25) is 0 Å². The van der Waals surface area contributed by atoms with Crippen LogP contribution in [-0.2, 0) is 24.2 Å². The smallest absolute Gasteiger partial charge is 0.227 e. The monoisotopic (exact) mass is 366 g/mol. The number of carbonyl (C=O) groups is 1. The fraction of sp³-hybridized carbons (Fsp3) is 0.476. The van der Waals surface area contributed by atoms with Crippen molar-refractivity contribution < 1.29 is 9.53 Å². The number of methoxy groups -OCH3 is 1. The zero-order valence-electron chi connectivity index (χ0n) is 16.0. The van der Waals surface area contributed by atoms with Crippen LogP contribution in [0.15, 0.2) is 30.5 Å². The maximum absolute atomic E-state index is 12.7. The molecule has 1 aromatic carbocycles. The van der Waals surface area contributed by atoms with Gasteiger partial charge in [-0.1, -0.05) is 12.1 Å². The van der Waals surface area contributed by atoms with E-state index in [0.717, 1.165) is 49.6 Å². The average molecular weight is 366 g/mol. The molecule has 1 aromatic heterocycles. The summed E-state index contributed by atoms with van der Waals surface area (Å²) in [5.41, 5.74) is 3.43. The first-order chi connectivity index (χ1) is 13.1. The first kappa shape index (κ1) is 17.9. The zero-order valence-corrected chi connectivity index (χ0v) is 16.0. The summed E-state index contributed by atoms with van der Waals surface area (Å²) in [6, 6.07) is 7.70. The Morgan fingerprint density at radius 2 is 2.07 bits per heavy atom. The number of aromatic nitrogens is 2. The molecule has 4 rings (SSSR count). The summed E-state index contributed by atoms with van der Waals surface area (Å²) in [5.74, 6) is 2.12. The molecule has 0 aliphatic carbocycles. The Bertz CT molecular complexity index is 821. The Labute approximate surface area is 160 Å². The number of fused-ring (bicyclic) bond motifs is 1. The number of ether oxygens (including phenoxy) is 1. The molecule has 1 fully saturated rings. The second kappa shape index (κ2) is 7.64. The van der Waals surface area contributed by atoms with Crippen molar-refractivity contribution in [1.82, 2.24) is 19.8 Å². The molecule has 1 atom stereocenters. The molecule has 2 aromatic rings. The van der Waals surface area contributed by atoms with E-state index >= 15 is 0 Å². The molecule has 2 aliphatic rings. The molecule has 0 radical (unpaired) electrons. The molecule has 142 valence electrons. The lowest BCUT2D eigenvalue weighted by molar-refractivity contribution is -0.129. The third kappa shape index (κ3) is 3.95. The summed E-state index contributed by atoms with van der Waals surface area (Å²) >= 11 is 0. The second-order valence-electron chi connectivity index (χ2n) is 7.54. The van der Waals surface area contributed by atoms with E-state index in [9.17, 15) is 4.79 Å². The Morgan fingerprint density at radius 1 is 1.26 bits per heavy atom. The molecule has 1 amide bonds. The van der Waals surface area contributed by atoms with Crippen LogP contribution in [0.3, 0.4) is 0 Å². The Morgan fingerprint density at radius 3 is 2.85 bits per heavy atom. The number of likely N-dealkylation sites (N-methyl/N-ethyl adjacent to an activating group) is 1. The van der Waals surface area contributed by atoms with E-state index < -0.39 is 0 Å². The highest BCUT2D eigenvalue weighted by molar-refractivity contribution is 5.79. The van der Waals surface area contributed by atoms with Gasteiger partial charge in [-0.05, 0) is 31.2 Å². The highest BCUT2D eigenvalue weighted by Crippen LogP contribution is 2.27. The van der Waals surface area contributed by atoms with E-state index in [1.807, 2.05) is 35.4 Å². The molecule has 0 unspecified atom stereocenters. The molecule has 27 heavy (non-hydrogen) atoms. The number of hydrogen-bond acceptors (Lipinski definition) is 5. The van der Waals surface area contributed by atoms with Crippen LogP contribution in [0.1, 0.15) is 35.0 Å². The summed E-state index contributed by atoms with van der Waals surface area (Å²) in [7, 11) is 3.77. The lowest BCUT2D eigenvalue weighted by Gasteiger charge is -2.24. The van der Waals surface area contributed by atoms with Gasteiger partial charge in [0, 0.05) is 56.0 Å². The average Bonchev–Trinajstić information content (AvgIpc) is 3.18. The minimum atomic E-state index is 0.169. The zero-order chi connectivity index (χ0) is 18.8. The molecule has 6 heteroatoms. The van der Waals surface area contributed by atoms with Gasteiger partial charge >= 0.3 is 0 Å². The van der Waals surface area contributed by atoms with Gasteiger partial charge in [-0.25, -0.2) is 9.97 Å². The summed E-state index contributed by atoms with van der Waals surface area (Å²) in [4.78, 5) is 26.4. The van der Waals surface area contributed by atoms with Crippen molar-refractivity contribution in [2.75, 3.05) is 33.8 Å². The van der Waals surface area contributed by atoms with Gasteiger partial charge in [-0.3, -0.25) is 4.79 Å². The van der Waals surface area contributed by atoms with E-state index in [1.54, 1.807) is 7.11 Å². The SMILES string of the molecule is COc1ccc(CC(=O)N2CC[C@H](c3ncc4c(n3)CCN(C)C4)C2)cc1. The Balaban J connectivity index is 1.38. The third-order valence-electron chi connectivity index (χ3n) is 5.56. The maximum Gasteiger partial charge on any atom is 0.227 e. The number of amides is 1. The molecule has 3 heterocycles. The maximum atomic E-state index is 12.7. The van der Waals surface area contributed by atoms with E-state index in [-0.39, 0.29) is 11.8 Å². The minimum Gasteiger partial charge on any atom is -0.497 e. The molecule has 2 aliphatic heterocycles. The number of nitrogens with zero attached hydrogens (tertiary/aromatic N) is 4. The standard InChI is InChI=1S/C21H26N4O2/c1-24-9-8-19-17(13-24)12-22-21(23-19)16-7-10-25(14-16)20(26)11-15-3-5-18(27-2)6-4-15/h3-6,12,16H,7-11,13-14H2,1-2H3/t16-/m0/s1. The number of rotatable bonds is 4. The van der Waals surface area contributed by atoms with Crippen molar-refractivity contribution in [3.63, 3.8) is 0 Å². The van der Waals surface area contributed by atoms with Crippen molar-refractivity contribution in [1.29, 1.82) is 0 Å². The summed E-state index contributed by atoms with van der Waals surface area (Å²) in [6.07, 6.45) is 4.32. The van der Waals surface area contributed by atoms with Crippen molar-refractivity contribution >= 4 is 5.91 Å². The van der Waals surface area contributed by atoms with Crippen molar-refractivity contribution in [2.24, 2.45) is 0 Å². The number of benzene rings is 1. The fourth-order valence-corrected chi connectivity index (χ4v) is 3.90. The number of likely N-dealkylation sites (tertiary alicyclic amines) is 1. The normalized spacial score (nSPS) is 19.8. The van der Waals surface area contributed by atoms with Gasteiger partial charge in [0.15, 0.2) is 0 Å².